The van der Waals surface area contributed by atoms with E-state index in [0.717, 1.165) is 0 Å². The molecule has 7 nitrogen and oxygen atoms in total. The van der Waals surface area contributed by atoms with E-state index in [4.69, 9.17) is 10.5 Å². The lowest BCUT2D eigenvalue weighted by atomic mass is 9.92. The molecule has 1 atom stereocenters. The van der Waals surface area contributed by atoms with E-state index >= 15 is 0 Å². The molecule has 4 N–H and O–H groups in total. The van der Waals surface area contributed by atoms with Crippen LogP contribution in [0, 0.1) is 5.92 Å². The van der Waals surface area contributed by atoms with Crippen LogP contribution in [0.4, 0.5) is 19.1 Å². The Bertz CT molecular complexity index is 470. The number of nitrogens with two attached hydrogens (primary N) is 1. The predicted octanol–water partition coefficient (Wildman–Crippen LogP) is 0.516. The van der Waals surface area contributed by atoms with E-state index in [1.807, 2.05) is 0 Å². The van der Waals surface area contributed by atoms with Crippen LogP contribution in [0.2, 0.25) is 0 Å². The molecule has 0 radical (unpaired) electrons. The van der Waals surface area contributed by atoms with Crippen molar-refractivity contribution in [3.63, 3.8) is 0 Å². The maximum absolute atomic E-state index is 12.3. The first-order valence-corrected chi connectivity index (χ1v) is 6.01. The quantitative estimate of drug-likeness (QED) is 0.753. The number of aromatic nitrogens is 3. The minimum Gasteiger partial charge on any atom is -0.381 e. The number of hydrogen-bond acceptors (Lipinski definition) is 5. The summed E-state index contributed by atoms with van der Waals surface area (Å²) >= 11 is 0. The molecule has 1 aromatic rings. The topological polar surface area (TPSA) is 106 Å². The van der Waals surface area contributed by atoms with Crippen molar-refractivity contribution in [2.24, 2.45) is 11.7 Å². The molecule has 1 unspecified atom stereocenters. The number of amides is 1. The number of aromatic amines is 1. The first-order chi connectivity index (χ1) is 9.38. The van der Waals surface area contributed by atoms with E-state index in [-0.39, 0.29) is 5.92 Å². The van der Waals surface area contributed by atoms with Crippen LogP contribution < -0.4 is 11.1 Å². The number of hydrogen-bond donors (Lipinski definition) is 3. The van der Waals surface area contributed by atoms with Gasteiger partial charge in [-0.25, -0.2) is 0 Å². The summed E-state index contributed by atoms with van der Waals surface area (Å²) in [5.74, 6) is -2.38. The molecule has 1 aromatic heterocycles. The Labute approximate surface area is 112 Å². The van der Waals surface area contributed by atoms with Gasteiger partial charge in [-0.2, -0.15) is 18.2 Å². The zero-order valence-corrected chi connectivity index (χ0v) is 10.4. The van der Waals surface area contributed by atoms with Gasteiger partial charge >= 0.3 is 6.18 Å². The van der Waals surface area contributed by atoms with Crippen molar-refractivity contribution in [2.45, 2.75) is 25.1 Å². The van der Waals surface area contributed by atoms with Crippen molar-refractivity contribution >= 4 is 11.9 Å². The number of H-pyrrole nitrogens is 1. The first kappa shape index (κ1) is 14.7. The second kappa shape index (κ2) is 5.75. The Morgan fingerprint density at radius 3 is 2.65 bits per heavy atom. The van der Waals surface area contributed by atoms with Crippen molar-refractivity contribution in [1.82, 2.24) is 15.2 Å². The first-order valence-electron chi connectivity index (χ1n) is 6.01. The minimum absolute atomic E-state index is 0.0650. The van der Waals surface area contributed by atoms with Gasteiger partial charge in [-0.3, -0.25) is 15.2 Å². The number of nitrogens with zero attached hydrogens (tertiary/aromatic N) is 2. The van der Waals surface area contributed by atoms with Gasteiger partial charge < -0.3 is 10.5 Å². The average molecular weight is 293 g/mol. The number of halogens is 3. The third-order valence-electron chi connectivity index (χ3n) is 3.07. The van der Waals surface area contributed by atoms with E-state index < -0.39 is 29.9 Å². The largest absolute Gasteiger partial charge is 0.451 e. The SMILES string of the molecule is NC(C(=O)Nc1n[nH]c(C(F)(F)F)n1)C1CCOCC1. The van der Waals surface area contributed by atoms with Crippen molar-refractivity contribution in [2.75, 3.05) is 18.5 Å². The third-order valence-corrected chi connectivity index (χ3v) is 3.07. The highest BCUT2D eigenvalue weighted by atomic mass is 19.4. The molecule has 0 saturated carbocycles. The van der Waals surface area contributed by atoms with E-state index in [2.05, 4.69) is 15.4 Å². The summed E-state index contributed by atoms with van der Waals surface area (Å²) in [6.07, 6.45) is -3.37. The van der Waals surface area contributed by atoms with Gasteiger partial charge in [0, 0.05) is 13.2 Å². The fourth-order valence-corrected chi connectivity index (χ4v) is 1.93. The molecule has 10 heteroatoms. The smallest absolute Gasteiger partial charge is 0.381 e. The molecule has 1 amide bonds. The van der Waals surface area contributed by atoms with Crippen molar-refractivity contribution in [1.29, 1.82) is 0 Å². The number of ether oxygens (including phenoxy) is 1. The zero-order valence-electron chi connectivity index (χ0n) is 10.4. The maximum atomic E-state index is 12.3. The van der Waals surface area contributed by atoms with Gasteiger partial charge in [0.25, 0.3) is 0 Å². The van der Waals surface area contributed by atoms with Gasteiger partial charge in [0.05, 0.1) is 6.04 Å². The molecule has 1 aliphatic heterocycles. The van der Waals surface area contributed by atoms with Gasteiger partial charge in [0.2, 0.25) is 17.7 Å². The number of carbonyl (C=O) groups excluding carboxylic acids is 1. The maximum Gasteiger partial charge on any atom is 0.451 e. The Kier molecular flexibility index (Phi) is 4.23. The van der Waals surface area contributed by atoms with Gasteiger partial charge in [0.15, 0.2) is 0 Å². The Morgan fingerprint density at radius 2 is 2.10 bits per heavy atom. The number of carbonyl (C=O) groups is 1. The molecule has 1 aliphatic rings. The fraction of sp³-hybridized carbons (Fsp3) is 0.700. The molecule has 0 bridgehead atoms. The highest BCUT2D eigenvalue weighted by Gasteiger charge is 2.35. The van der Waals surface area contributed by atoms with Crippen LogP contribution in [0.5, 0.6) is 0 Å². The molecule has 2 heterocycles. The van der Waals surface area contributed by atoms with Crippen LogP contribution in [0.15, 0.2) is 0 Å². The third kappa shape index (κ3) is 3.45. The molecule has 1 fully saturated rings. The highest BCUT2D eigenvalue weighted by Crippen LogP contribution is 2.26. The van der Waals surface area contributed by atoms with Crippen LogP contribution >= 0.6 is 0 Å². The lowest BCUT2D eigenvalue weighted by Gasteiger charge is -2.26. The zero-order chi connectivity index (χ0) is 14.8. The summed E-state index contributed by atoms with van der Waals surface area (Å²) in [6, 6.07) is -0.827. The molecular weight excluding hydrogens is 279 g/mol. The van der Waals surface area contributed by atoms with Crippen LogP contribution in [0.1, 0.15) is 18.7 Å². The summed E-state index contributed by atoms with van der Waals surface area (Å²) < 4.78 is 42.1. The Balaban J connectivity index is 1.95. The van der Waals surface area contributed by atoms with Gasteiger partial charge in [0.1, 0.15) is 0 Å². The normalized spacial score (nSPS) is 18.8. The van der Waals surface area contributed by atoms with Crippen molar-refractivity contribution < 1.29 is 22.7 Å². The molecular formula is C10H14F3N5O2. The summed E-state index contributed by atoms with van der Waals surface area (Å²) in [6.45, 7) is 1.04. The van der Waals surface area contributed by atoms with Gasteiger partial charge in [-0.1, -0.05) is 0 Å². The summed E-state index contributed by atoms with van der Waals surface area (Å²) in [5, 5.41) is 7.16. The van der Waals surface area contributed by atoms with Crippen LogP contribution in [0.25, 0.3) is 0 Å². The lowest BCUT2D eigenvalue weighted by molar-refractivity contribution is -0.144. The summed E-state index contributed by atoms with van der Waals surface area (Å²) in [7, 11) is 0. The van der Waals surface area contributed by atoms with Crippen molar-refractivity contribution in [3.8, 4) is 0 Å². The van der Waals surface area contributed by atoms with Crippen molar-refractivity contribution in [3.05, 3.63) is 5.82 Å². The van der Waals surface area contributed by atoms with E-state index in [9.17, 15) is 18.0 Å². The summed E-state index contributed by atoms with van der Waals surface area (Å²) in [5.41, 5.74) is 5.78. The highest BCUT2D eigenvalue weighted by molar-refractivity contribution is 5.93. The predicted molar refractivity (Wildman–Crippen MR) is 61.5 cm³/mol. The number of anilines is 1. The molecule has 112 valence electrons. The molecule has 2 rings (SSSR count). The second-order valence-electron chi connectivity index (χ2n) is 4.47. The van der Waals surface area contributed by atoms with Crippen LogP contribution in [-0.2, 0) is 15.7 Å². The van der Waals surface area contributed by atoms with Gasteiger partial charge in [-0.15, -0.1) is 5.10 Å². The van der Waals surface area contributed by atoms with Crippen LogP contribution in [-0.4, -0.2) is 40.3 Å². The Hall–Kier alpha value is -1.68. The second-order valence-corrected chi connectivity index (χ2v) is 4.47. The van der Waals surface area contributed by atoms with E-state index in [0.29, 0.717) is 26.1 Å². The lowest BCUT2D eigenvalue weighted by Crippen LogP contribution is -2.44. The van der Waals surface area contributed by atoms with Crippen LogP contribution in [0.3, 0.4) is 0 Å². The number of alkyl halides is 3. The monoisotopic (exact) mass is 293 g/mol. The molecule has 20 heavy (non-hydrogen) atoms. The number of nitrogens with one attached hydrogen (secondary N) is 2. The van der Waals surface area contributed by atoms with E-state index in [1.54, 1.807) is 5.10 Å². The van der Waals surface area contributed by atoms with Gasteiger partial charge in [-0.05, 0) is 18.8 Å². The Morgan fingerprint density at radius 1 is 1.45 bits per heavy atom. The number of rotatable bonds is 3. The molecule has 0 spiro atoms. The standard InChI is InChI=1S/C10H14F3N5O2/c11-10(12,13)8-16-9(18-17-8)15-7(19)6(14)5-1-3-20-4-2-5/h5-6H,1-4,14H2,(H2,15,16,17,18,19). The van der Waals surface area contributed by atoms with E-state index in [1.165, 1.54) is 0 Å². The molecule has 0 aromatic carbocycles. The fourth-order valence-electron chi connectivity index (χ4n) is 1.93. The molecule has 1 saturated heterocycles. The summed E-state index contributed by atoms with van der Waals surface area (Å²) in [4.78, 5) is 15.0. The molecule has 0 aliphatic carbocycles. The minimum atomic E-state index is -4.64. The average Bonchev–Trinajstić information content (AvgIpc) is 2.87.